The minimum absolute atomic E-state index is 0.00759. The number of imidazole rings is 1. The predicted octanol–water partition coefficient (Wildman–Crippen LogP) is 2.40. The first-order valence-corrected chi connectivity index (χ1v) is 8.84. The summed E-state index contributed by atoms with van der Waals surface area (Å²) in [5.41, 5.74) is 0.938. The summed E-state index contributed by atoms with van der Waals surface area (Å²) in [5.74, 6) is 0.966. The molecule has 0 fully saturated rings. The molecule has 0 radical (unpaired) electrons. The van der Waals surface area contributed by atoms with Crippen LogP contribution in [0.1, 0.15) is 30.7 Å². The van der Waals surface area contributed by atoms with Gasteiger partial charge in [0.1, 0.15) is 12.4 Å². The lowest BCUT2D eigenvalue weighted by molar-refractivity contribution is -0.121. The van der Waals surface area contributed by atoms with E-state index in [0.29, 0.717) is 25.9 Å². The fourth-order valence-electron chi connectivity index (χ4n) is 2.42. The summed E-state index contributed by atoms with van der Waals surface area (Å²) in [5, 5.41) is 5.53. The van der Waals surface area contributed by atoms with Crippen molar-refractivity contribution in [1.82, 2.24) is 20.2 Å². The van der Waals surface area contributed by atoms with Gasteiger partial charge in [0.05, 0.1) is 0 Å². The summed E-state index contributed by atoms with van der Waals surface area (Å²) >= 11 is 0. The Labute approximate surface area is 153 Å². The van der Waals surface area contributed by atoms with Crippen LogP contribution in [-0.4, -0.2) is 34.6 Å². The number of alkyl carbamates (subject to hydrolysis) is 1. The normalized spacial score (nSPS) is 10.3. The van der Waals surface area contributed by atoms with E-state index in [9.17, 15) is 9.59 Å². The molecule has 7 nitrogen and oxygen atoms in total. The van der Waals surface area contributed by atoms with Crippen molar-refractivity contribution in [3.63, 3.8) is 0 Å². The average Bonchev–Trinajstić information content (AvgIpc) is 3.06. The van der Waals surface area contributed by atoms with E-state index in [0.717, 1.165) is 24.4 Å². The Bertz CT molecular complexity index is 685. The molecular formula is C19H26N4O3. The van der Waals surface area contributed by atoms with Crippen molar-refractivity contribution in [1.29, 1.82) is 0 Å². The van der Waals surface area contributed by atoms with E-state index in [2.05, 4.69) is 20.2 Å². The highest BCUT2D eigenvalue weighted by atomic mass is 16.5. The highest BCUT2D eigenvalue weighted by Crippen LogP contribution is 2.00. The van der Waals surface area contributed by atoms with Gasteiger partial charge in [0, 0.05) is 38.4 Å². The van der Waals surface area contributed by atoms with Crippen LogP contribution in [0, 0.1) is 6.92 Å². The molecule has 1 aromatic carbocycles. The fourth-order valence-corrected chi connectivity index (χ4v) is 2.42. The molecular weight excluding hydrogens is 332 g/mol. The third kappa shape index (κ3) is 7.38. The number of nitrogens with zero attached hydrogens (tertiary/aromatic N) is 2. The lowest BCUT2D eigenvalue weighted by Crippen LogP contribution is -2.28. The maximum absolute atomic E-state index is 11.8. The van der Waals surface area contributed by atoms with Gasteiger partial charge in [-0.1, -0.05) is 30.3 Å². The second-order valence-corrected chi connectivity index (χ2v) is 5.96. The summed E-state index contributed by atoms with van der Waals surface area (Å²) in [6, 6.07) is 9.49. The predicted molar refractivity (Wildman–Crippen MR) is 98.5 cm³/mol. The molecule has 0 bridgehead atoms. The van der Waals surface area contributed by atoms with Crippen LogP contribution in [-0.2, 0) is 22.7 Å². The number of ether oxygens (including phenoxy) is 1. The molecule has 0 unspecified atom stereocenters. The first-order chi connectivity index (χ1) is 12.6. The molecule has 0 saturated heterocycles. The molecule has 140 valence electrons. The zero-order chi connectivity index (χ0) is 18.6. The van der Waals surface area contributed by atoms with Crippen molar-refractivity contribution in [2.24, 2.45) is 0 Å². The maximum Gasteiger partial charge on any atom is 0.407 e. The number of carbonyl (C=O) groups is 2. The van der Waals surface area contributed by atoms with Crippen molar-refractivity contribution in [3.05, 3.63) is 54.1 Å². The van der Waals surface area contributed by atoms with E-state index in [1.165, 1.54) is 0 Å². The number of hydrogen-bond donors (Lipinski definition) is 2. The second kappa shape index (κ2) is 10.9. The van der Waals surface area contributed by atoms with Gasteiger partial charge in [-0.05, 0) is 25.3 Å². The molecule has 2 aromatic rings. The summed E-state index contributed by atoms with van der Waals surface area (Å²) in [6.07, 6.45) is 5.04. The van der Waals surface area contributed by atoms with Crippen molar-refractivity contribution in [2.45, 2.75) is 39.3 Å². The minimum atomic E-state index is -0.468. The number of rotatable bonds is 10. The SMILES string of the molecule is Cc1nccn1CCCNC(=O)CCCNC(=O)OCc1ccccc1. The van der Waals surface area contributed by atoms with Gasteiger partial charge in [-0.3, -0.25) is 4.79 Å². The Hall–Kier alpha value is -2.83. The van der Waals surface area contributed by atoms with Gasteiger partial charge in [0.25, 0.3) is 0 Å². The van der Waals surface area contributed by atoms with Crippen LogP contribution in [0.2, 0.25) is 0 Å². The van der Waals surface area contributed by atoms with Crippen LogP contribution in [0.4, 0.5) is 4.79 Å². The number of nitrogens with one attached hydrogen (secondary N) is 2. The van der Waals surface area contributed by atoms with Crippen LogP contribution in [0.15, 0.2) is 42.7 Å². The largest absolute Gasteiger partial charge is 0.445 e. The highest BCUT2D eigenvalue weighted by Gasteiger charge is 2.04. The molecule has 1 heterocycles. The zero-order valence-electron chi connectivity index (χ0n) is 15.1. The monoisotopic (exact) mass is 358 g/mol. The number of amides is 2. The average molecular weight is 358 g/mol. The number of hydrogen-bond acceptors (Lipinski definition) is 4. The van der Waals surface area contributed by atoms with Crippen LogP contribution >= 0.6 is 0 Å². The van der Waals surface area contributed by atoms with Gasteiger partial charge in [-0.25, -0.2) is 9.78 Å². The molecule has 0 aliphatic rings. The topological polar surface area (TPSA) is 85.3 Å². The Morgan fingerprint density at radius 2 is 1.88 bits per heavy atom. The smallest absolute Gasteiger partial charge is 0.407 e. The zero-order valence-corrected chi connectivity index (χ0v) is 15.1. The molecule has 2 N–H and O–H groups in total. The van der Waals surface area contributed by atoms with Gasteiger partial charge in [-0.15, -0.1) is 0 Å². The van der Waals surface area contributed by atoms with E-state index in [4.69, 9.17) is 4.74 Å². The third-order valence-corrected chi connectivity index (χ3v) is 3.88. The van der Waals surface area contributed by atoms with Gasteiger partial charge >= 0.3 is 6.09 Å². The second-order valence-electron chi connectivity index (χ2n) is 5.96. The van der Waals surface area contributed by atoms with Crippen LogP contribution < -0.4 is 10.6 Å². The molecule has 26 heavy (non-hydrogen) atoms. The van der Waals surface area contributed by atoms with Crippen LogP contribution in [0.25, 0.3) is 0 Å². The lowest BCUT2D eigenvalue weighted by Gasteiger charge is -2.08. The van der Waals surface area contributed by atoms with Crippen molar-refractivity contribution in [3.8, 4) is 0 Å². The molecule has 0 atom stereocenters. The van der Waals surface area contributed by atoms with Crippen LogP contribution in [0.3, 0.4) is 0 Å². The number of aromatic nitrogens is 2. The van der Waals surface area contributed by atoms with E-state index in [1.807, 2.05) is 43.5 Å². The Kier molecular flexibility index (Phi) is 8.18. The van der Waals surface area contributed by atoms with Gasteiger partial charge < -0.3 is 19.9 Å². The van der Waals surface area contributed by atoms with Crippen molar-refractivity contribution >= 4 is 12.0 Å². The molecule has 0 aliphatic heterocycles. The molecule has 0 saturated carbocycles. The lowest BCUT2D eigenvalue weighted by atomic mass is 10.2. The van der Waals surface area contributed by atoms with Crippen LogP contribution in [0.5, 0.6) is 0 Å². The van der Waals surface area contributed by atoms with E-state index in [-0.39, 0.29) is 12.5 Å². The van der Waals surface area contributed by atoms with Gasteiger partial charge in [0.15, 0.2) is 0 Å². The summed E-state index contributed by atoms with van der Waals surface area (Å²) in [6.45, 7) is 4.07. The first-order valence-electron chi connectivity index (χ1n) is 8.84. The first kappa shape index (κ1) is 19.5. The standard InChI is InChI=1S/C19H26N4O3/c1-16-20-12-14-23(16)13-6-11-21-18(24)9-5-10-22-19(25)26-15-17-7-3-2-4-8-17/h2-4,7-8,12,14H,5-6,9-11,13,15H2,1H3,(H,21,24)(H,22,25). The fraction of sp³-hybridized carbons (Fsp3) is 0.421. The van der Waals surface area contributed by atoms with E-state index < -0.39 is 6.09 Å². The number of aryl methyl sites for hydroxylation is 2. The summed E-state index contributed by atoms with van der Waals surface area (Å²) < 4.78 is 7.15. The highest BCUT2D eigenvalue weighted by molar-refractivity contribution is 5.75. The van der Waals surface area contributed by atoms with E-state index in [1.54, 1.807) is 6.20 Å². The molecule has 7 heteroatoms. The number of carbonyl (C=O) groups excluding carboxylic acids is 2. The quantitative estimate of drug-likeness (QED) is 0.639. The van der Waals surface area contributed by atoms with Gasteiger partial charge in [-0.2, -0.15) is 0 Å². The van der Waals surface area contributed by atoms with Crippen molar-refractivity contribution in [2.75, 3.05) is 13.1 Å². The van der Waals surface area contributed by atoms with Gasteiger partial charge in [0.2, 0.25) is 5.91 Å². The molecule has 1 aromatic heterocycles. The number of benzene rings is 1. The Morgan fingerprint density at radius 1 is 1.12 bits per heavy atom. The molecule has 2 rings (SSSR count). The Morgan fingerprint density at radius 3 is 2.62 bits per heavy atom. The molecule has 0 aliphatic carbocycles. The minimum Gasteiger partial charge on any atom is -0.445 e. The summed E-state index contributed by atoms with van der Waals surface area (Å²) in [4.78, 5) is 27.5. The molecule has 0 spiro atoms. The van der Waals surface area contributed by atoms with Crippen molar-refractivity contribution < 1.29 is 14.3 Å². The molecule has 2 amide bonds. The maximum atomic E-state index is 11.8. The third-order valence-electron chi connectivity index (χ3n) is 3.88. The van der Waals surface area contributed by atoms with E-state index >= 15 is 0 Å². The summed E-state index contributed by atoms with van der Waals surface area (Å²) in [7, 11) is 0. The Balaban J connectivity index is 1.46.